The minimum absolute atomic E-state index is 0.0470. The Bertz CT molecular complexity index is 210. The zero-order chi connectivity index (χ0) is 12.1. The molecule has 90 valence electrons. The molecule has 15 heavy (non-hydrogen) atoms. The third kappa shape index (κ3) is 4.62. The molecule has 0 fully saturated rings. The van der Waals surface area contributed by atoms with Crippen molar-refractivity contribution in [3.8, 4) is 0 Å². The van der Waals surface area contributed by atoms with Gasteiger partial charge in [0.05, 0.1) is 18.6 Å². The highest BCUT2D eigenvalue weighted by Crippen LogP contribution is 2.22. The first kappa shape index (κ1) is 14.4. The molecule has 1 unspecified atom stereocenters. The van der Waals surface area contributed by atoms with Crippen LogP contribution >= 0.6 is 0 Å². The number of ether oxygens (including phenoxy) is 1. The van der Waals surface area contributed by atoms with E-state index in [2.05, 4.69) is 6.92 Å². The summed E-state index contributed by atoms with van der Waals surface area (Å²) in [5, 5.41) is 8.88. The van der Waals surface area contributed by atoms with E-state index in [1.54, 1.807) is 13.8 Å². The summed E-state index contributed by atoms with van der Waals surface area (Å²) in [4.78, 5) is 10.8. The van der Waals surface area contributed by atoms with Gasteiger partial charge in [-0.3, -0.25) is 4.79 Å². The van der Waals surface area contributed by atoms with Gasteiger partial charge in [0, 0.05) is 5.41 Å². The molecule has 0 saturated carbocycles. The van der Waals surface area contributed by atoms with Crippen LogP contribution in [0.2, 0.25) is 0 Å². The maximum Gasteiger partial charge on any atom is 0.311 e. The zero-order valence-electron chi connectivity index (χ0n) is 10.2. The second-order valence-electron chi connectivity index (χ2n) is 5.05. The van der Waals surface area contributed by atoms with Gasteiger partial charge < -0.3 is 15.6 Å². The van der Waals surface area contributed by atoms with Gasteiger partial charge in [0.1, 0.15) is 0 Å². The van der Waals surface area contributed by atoms with Crippen LogP contribution in [0.5, 0.6) is 0 Å². The lowest BCUT2D eigenvalue weighted by Crippen LogP contribution is -2.35. The molecule has 0 amide bonds. The molecule has 3 N–H and O–H groups in total. The third-order valence-electron chi connectivity index (χ3n) is 2.84. The van der Waals surface area contributed by atoms with Crippen molar-refractivity contribution in [3.63, 3.8) is 0 Å². The summed E-state index contributed by atoms with van der Waals surface area (Å²) in [5.41, 5.74) is 4.75. The van der Waals surface area contributed by atoms with Gasteiger partial charge in [0.25, 0.3) is 0 Å². The smallest absolute Gasteiger partial charge is 0.311 e. The molecular weight excluding hydrogens is 194 g/mol. The van der Waals surface area contributed by atoms with Crippen LogP contribution < -0.4 is 5.73 Å². The van der Waals surface area contributed by atoms with Gasteiger partial charge in [-0.1, -0.05) is 13.8 Å². The maximum absolute atomic E-state index is 10.8. The van der Waals surface area contributed by atoms with Crippen LogP contribution in [0.4, 0.5) is 0 Å². The van der Waals surface area contributed by atoms with Gasteiger partial charge in [-0.25, -0.2) is 0 Å². The van der Waals surface area contributed by atoms with Gasteiger partial charge in [-0.05, 0) is 26.8 Å². The lowest BCUT2D eigenvalue weighted by atomic mass is 9.88. The molecule has 0 spiro atoms. The minimum Gasteiger partial charge on any atom is -0.481 e. The van der Waals surface area contributed by atoms with E-state index in [-0.39, 0.29) is 12.0 Å². The zero-order valence-corrected chi connectivity index (χ0v) is 10.2. The van der Waals surface area contributed by atoms with E-state index < -0.39 is 11.4 Å². The normalized spacial score (nSPS) is 16.1. The van der Waals surface area contributed by atoms with E-state index in [1.165, 1.54) is 0 Å². The Kier molecular flexibility index (Phi) is 5.24. The molecule has 0 saturated heterocycles. The highest BCUT2D eigenvalue weighted by atomic mass is 16.5. The van der Waals surface area contributed by atoms with Crippen molar-refractivity contribution in [2.75, 3.05) is 19.8 Å². The Morgan fingerprint density at radius 3 is 2.20 bits per heavy atom. The van der Waals surface area contributed by atoms with Crippen molar-refractivity contribution in [1.29, 1.82) is 0 Å². The lowest BCUT2D eigenvalue weighted by molar-refractivity contribution is -0.151. The van der Waals surface area contributed by atoms with Crippen molar-refractivity contribution in [1.82, 2.24) is 0 Å². The standard InChI is InChI=1S/C11H23NO3/c1-5-11(4,6-12)8-15-7-10(2,3)9(13)14/h5-8,12H2,1-4H3,(H,13,14). The second kappa shape index (κ2) is 5.47. The number of rotatable bonds is 7. The molecule has 4 nitrogen and oxygen atoms in total. The second-order valence-corrected chi connectivity index (χ2v) is 5.05. The molecular formula is C11H23NO3. The van der Waals surface area contributed by atoms with Gasteiger partial charge in [-0.15, -0.1) is 0 Å². The quantitative estimate of drug-likeness (QED) is 0.677. The van der Waals surface area contributed by atoms with Crippen molar-refractivity contribution in [2.24, 2.45) is 16.6 Å². The largest absolute Gasteiger partial charge is 0.481 e. The topological polar surface area (TPSA) is 72.5 Å². The van der Waals surface area contributed by atoms with E-state index in [1.807, 2.05) is 6.92 Å². The Hall–Kier alpha value is -0.610. The number of carboxylic acid groups (broad SMARTS) is 1. The molecule has 0 bridgehead atoms. The Balaban J connectivity index is 4.03. The molecule has 0 heterocycles. The van der Waals surface area contributed by atoms with Crippen LogP contribution in [0.1, 0.15) is 34.1 Å². The van der Waals surface area contributed by atoms with Crippen LogP contribution in [-0.2, 0) is 9.53 Å². The van der Waals surface area contributed by atoms with Crippen molar-refractivity contribution in [2.45, 2.75) is 34.1 Å². The Morgan fingerprint density at radius 1 is 1.33 bits per heavy atom. The minimum atomic E-state index is -0.839. The van der Waals surface area contributed by atoms with Crippen LogP contribution in [0.15, 0.2) is 0 Å². The Labute approximate surface area is 91.8 Å². The summed E-state index contributed by atoms with van der Waals surface area (Å²) in [7, 11) is 0. The summed E-state index contributed by atoms with van der Waals surface area (Å²) < 4.78 is 5.45. The summed E-state index contributed by atoms with van der Waals surface area (Å²) in [5.74, 6) is -0.839. The van der Waals surface area contributed by atoms with Crippen molar-refractivity contribution >= 4 is 5.97 Å². The fourth-order valence-electron chi connectivity index (χ4n) is 0.920. The van der Waals surface area contributed by atoms with Crippen LogP contribution in [0.25, 0.3) is 0 Å². The molecule has 0 aliphatic carbocycles. The van der Waals surface area contributed by atoms with E-state index in [9.17, 15) is 4.79 Å². The summed E-state index contributed by atoms with van der Waals surface area (Å²) in [6, 6.07) is 0. The number of carbonyl (C=O) groups is 1. The fraction of sp³-hybridized carbons (Fsp3) is 0.909. The first-order chi connectivity index (χ1) is 6.77. The first-order valence-electron chi connectivity index (χ1n) is 5.28. The van der Waals surface area contributed by atoms with Gasteiger partial charge in [0.2, 0.25) is 0 Å². The van der Waals surface area contributed by atoms with Gasteiger partial charge in [0.15, 0.2) is 0 Å². The predicted octanol–water partition coefficient (Wildman–Crippen LogP) is 1.49. The number of carboxylic acids is 1. The maximum atomic E-state index is 10.8. The fourth-order valence-corrected chi connectivity index (χ4v) is 0.920. The predicted molar refractivity (Wildman–Crippen MR) is 59.7 cm³/mol. The molecule has 1 atom stereocenters. The van der Waals surface area contributed by atoms with E-state index in [0.29, 0.717) is 13.2 Å². The Morgan fingerprint density at radius 2 is 1.87 bits per heavy atom. The number of hydrogen-bond donors (Lipinski definition) is 2. The summed E-state index contributed by atoms with van der Waals surface area (Å²) in [6.45, 7) is 8.69. The van der Waals surface area contributed by atoms with Crippen LogP contribution in [0.3, 0.4) is 0 Å². The summed E-state index contributed by atoms with van der Waals surface area (Å²) in [6.07, 6.45) is 0.928. The monoisotopic (exact) mass is 217 g/mol. The molecule has 0 radical (unpaired) electrons. The SMILES string of the molecule is CCC(C)(CN)COCC(C)(C)C(=O)O. The van der Waals surface area contributed by atoms with E-state index in [0.717, 1.165) is 6.42 Å². The van der Waals surface area contributed by atoms with Gasteiger partial charge in [-0.2, -0.15) is 0 Å². The highest BCUT2D eigenvalue weighted by molar-refractivity contribution is 5.73. The first-order valence-corrected chi connectivity index (χ1v) is 5.28. The van der Waals surface area contributed by atoms with E-state index in [4.69, 9.17) is 15.6 Å². The lowest BCUT2D eigenvalue weighted by Gasteiger charge is -2.28. The molecule has 0 rings (SSSR count). The highest BCUT2D eigenvalue weighted by Gasteiger charge is 2.29. The molecule has 0 aromatic carbocycles. The third-order valence-corrected chi connectivity index (χ3v) is 2.84. The van der Waals surface area contributed by atoms with E-state index >= 15 is 0 Å². The number of nitrogens with two attached hydrogens (primary N) is 1. The number of aliphatic carboxylic acids is 1. The molecule has 0 aromatic rings. The van der Waals surface area contributed by atoms with Gasteiger partial charge >= 0.3 is 5.97 Å². The molecule has 0 aliphatic rings. The van der Waals surface area contributed by atoms with Crippen molar-refractivity contribution < 1.29 is 14.6 Å². The molecule has 4 heteroatoms. The average molecular weight is 217 g/mol. The van der Waals surface area contributed by atoms with Crippen molar-refractivity contribution in [3.05, 3.63) is 0 Å². The van der Waals surface area contributed by atoms with Crippen LogP contribution in [0, 0.1) is 10.8 Å². The number of hydrogen-bond acceptors (Lipinski definition) is 3. The molecule has 0 aromatic heterocycles. The van der Waals surface area contributed by atoms with Crippen LogP contribution in [-0.4, -0.2) is 30.8 Å². The average Bonchev–Trinajstić information content (AvgIpc) is 2.17. The summed E-state index contributed by atoms with van der Waals surface area (Å²) >= 11 is 0. The molecule has 0 aliphatic heterocycles.